The highest BCUT2D eigenvalue weighted by Crippen LogP contribution is 2.32. The number of nitrogens with one attached hydrogen (secondary N) is 2. The zero-order valence-electron chi connectivity index (χ0n) is 15.9. The van der Waals surface area contributed by atoms with Gasteiger partial charge in [0.2, 0.25) is 0 Å². The molecule has 0 saturated carbocycles. The Bertz CT molecular complexity index is 1170. The summed E-state index contributed by atoms with van der Waals surface area (Å²) in [5.41, 5.74) is 5.38. The first-order valence-electron chi connectivity index (χ1n) is 9.89. The SMILES string of the molecule is C[C@@H]1CCc2[nH]c3ccc(C(=O)NCCc4nnc5ccccn45)cc3c2C1. The molecule has 4 aromatic rings. The summed E-state index contributed by atoms with van der Waals surface area (Å²) in [6.07, 6.45) is 5.98. The third kappa shape index (κ3) is 2.95. The molecule has 0 unspecified atom stereocenters. The summed E-state index contributed by atoms with van der Waals surface area (Å²) in [6, 6.07) is 11.8. The number of hydrogen-bond acceptors (Lipinski definition) is 3. The van der Waals surface area contributed by atoms with Gasteiger partial charge in [-0.1, -0.05) is 13.0 Å². The van der Waals surface area contributed by atoms with Gasteiger partial charge >= 0.3 is 0 Å². The monoisotopic (exact) mass is 373 g/mol. The van der Waals surface area contributed by atoms with Gasteiger partial charge in [-0.15, -0.1) is 10.2 Å². The van der Waals surface area contributed by atoms with E-state index in [0.717, 1.165) is 29.8 Å². The molecule has 2 N–H and O–H groups in total. The molecule has 6 nitrogen and oxygen atoms in total. The minimum atomic E-state index is -0.0467. The fraction of sp³-hybridized carbons (Fsp3) is 0.318. The molecule has 28 heavy (non-hydrogen) atoms. The molecule has 1 aliphatic rings. The highest BCUT2D eigenvalue weighted by atomic mass is 16.1. The number of nitrogens with zero attached hydrogens (tertiary/aromatic N) is 3. The highest BCUT2D eigenvalue weighted by Gasteiger charge is 2.20. The summed E-state index contributed by atoms with van der Waals surface area (Å²) < 4.78 is 1.95. The number of benzene rings is 1. The number of carbonyl (C=O) groups excluding carboxylic acids is 1. The molecule has 1 aromatic carbocycles. The van der Waals surface area contributed by atoms with Gasteiger partial charge in [-0.2, -0.15) is 0 Å². The van der Waals surface area contributed by atoms with E-state index < -0.39 is 0 Å². The van der Waals surface area contributed by atoms with Crippen molar-refractivity contribution >= 4 is 22.5 Å². The van der Waals surface area contributed by atoms with Crippen LogP contribution in [0.5, 0.6) is 0 Å². The van der Waals surface area contributed by atoms with E-state index in [0.29, 0.717) is 24.4 Å². The van der Waals surface area contributed by atoms with Crippen LogP contribution in [0.15, 0.2) is 42.6 Å². The standard InChI is InChI=1S/C22H23N5O/c1-14-5-7-18-16(12-14)17-13-15(6-8-19(17)24-18)22(28)23-10-9-21-26-25-20-4-2-3-11-27(20)21/h2-4,6,8,11,13-14,24H,5,7,9-10,12H2,1H3,(H,23,28)/t14-/m1/s1. The van der Waals surface area contributed by atoms with Crippen molar-refractivity contribution in [2.75, 3.05) is 6.54 Å². The van der Waals surface area contributed by atoms with Gasteiger partial charge in [-0.05, 0) is 61.1 Å². The number of H-pyrrole nitrogens is 1. The van der Waals surface area contributed by atoms with Crippen LogP contribution in [0.25, 0.3) is 16.6 Å². The molecule has 6 heteroatoms. The fourth-order valence-corrected chi connectivity index (χ4v) is 4.18. The largest absolute Gasteiger partial charge is 0.358 e. The van der Waals surface area contributed by atoms with Crippen LogP contribution >= 0.6 is 0 Å². The van der Waals surface area contributed by atoms with E-state index in [2.05, 4.69) is 27.4 Å². The van der Waals surface area contributed by atoms with E-state index in [1.165, 1.54) is 23.1 Å². The smallest absolute Gasteiger partial charge is 0.251 e. The fourth-order valence-electron chi connectivity index (χ4n) is 4.18. The first kappa shape index (κ1) is 17.0. The van der Waals surface area contributed by atoms with Gasteiger partial charge in [-0.3, -0.25) is 9.20 Å². The van der Waals surface area contributed by atoms with Crippen molar-refractivity contribution in [1.82, 2.24) is 24.9 Å². The number of aromatic nitrogens is 4. The van der Waals surface area contributed by atoms with Crippen molar-refractivity contribution in [2.45, 2.75) is 32.6 Å². The maximum Gasteiger partial charge on any atom is 0.251 e. The van der Waals surface area contributed by atoms with Crippen molar-refractivity contribution in [3.8, 4) is 0 Å². The number of aryl methyl sites for hydroxylation is 1. The van der Waals surface area contributed by atoms with Gasteiger partial charge in [0, 0.05) is 41.3 Å². The normalized spacial score (nSPS) is 16.4. The molecule has 0 bridgehead atoms. The second kappa shape index (κ2) is 6.78. The van der Waals surface area contributed by atoms with E-state index >= 15 is 0 Å². The van der Waals surface area contributed by atoms with Crippen LogP contribution in [0.2, 0.25) is 0 Å². The number of hydrogen-bond donors (Lipinski definition) is 2. The summed E-state index contributed by atoms with van der Waals surface area (Å²) in [6.45, 7) is 2.82. The Morgan fingerprint density at radius 1 is 1.29 bits per heavy atom. The van der Waals surface area contributed by atoms with Gasteiger partial charge in [0.15, 0.2) is 5.65 Å². The molecular weight excluding hydrogens is 350 g/mol. The molecule has 1 amide bonds. The van der Waals surface area contributed by atoms with E-state index in [4.69, 9.17) is 0 Å². The summed E-state index contributed by atoms with van der Waals surface area (Å²) in [5.74, 6) is 1.50. The average Bonchev–Trinajstić information content (AvgIpc) is 3.29. The number of pyridine rings is 1. The first-order chi connectivity index (χ1) is 13.7. The first-order valence-corrected chi connectivity index (χ1v) is 9.89. The van der Waals surface area contributed by atoms with Crippen LogP contribution in [-0.4, -0.2) is 32.0 Å². The molecule has 3 aromatic heterocycles. The zero-order valence-corrected chi connectivity index (χ0v) is 15.9. The summed E-state index contributed by atoms with van der Waals surface area (Å²) in [5, 5.41) is 12.6. The number of carbonyl (C=O) groups is 1. The number of rotatable bonds is 4. The third-order valence-corrected chi connectivity index (χ3v) is 5.71. The Labute approximate surface area is 163 Å². The lowest BCUT2D eigenvalue weighted by molar-refractivity contribution is 0.0954. The molecule has 142 valence electrons. The van der Waals surface area contributed by atoms with Crippen molar-refractivity contribution in [2.24, 2.45) is 5.92 Å². The van der Waals surface area contributed by atoms with Crippen LogP contribution in [0.3, 0.4) is 0 Å². The molecule has 1 atom stereocenters. The second-order valence-corrected chi connectivity index (χ2v) is 7.74. The maximum absolute atomic E-state index is 12.7. The van der Waals surface area contributed by atoms with E-state index in [1.807, 2.05) is 47.0 Å². The van der Waals surface area contributed by atoms with Crippen molar-refractivity contribution in [1.29, 1.82) is 0 Å². The maximum atomic E-state index is 12.7. The zero-order chi connectivity index (χ0) is 19.1. The second-order valence-electron chi connectivity index (χ2n) is 7.74. The van der Waals surface area contributed by atoms with Gasteiger partial charge in [0.1, 0.15) is 5.82 Å². The number of fused-ring (bicyclic) bond motifs is 4. The lowest BCUT2D eigenvalue weighted by atomic mass is 9.87. The van der Waals surface area contributed by atoms with Gasteiger partial charge in [0.05, 0.1) is 0 Å². The molecule has 0 fully saturated rings. The van der Waals surface area contributed by atoms with E-state index in [-0.39, 0.29) is 5.91 Å². The number of amides is 1. The predicted molar refractivity (Wildman–Crippen MR) is 109 cm³/mol. The Morgan fingerprint density at radius 3 is 3.14 bits per heavy atom. The molecule has 3 heterocycles. The Balaban J connectivity index is 1.31. The molecule has 0 aliphatic heterocycles. The van der Waals surface area contributed by atoms with Gasteiger partial charge in [-0.25, -0.2) is 0 Å². The van der Waals surface area contributed by atoms with Crippen LogP contribution in [0.1, 0.15) is 40.8 Å². The molecular formula is C22H23N5O. The Kier molecular flexibility index (Phi) is 4.11. The molecule has 1 aliphatic carbocycles. The van der Waals surface area contributed by atoms with Crippen molar-refractivity contribution in [3.63, 3.8) is 0 Å². The van der Waals surface area contributed by atoms with Crippen LogP contribution in [-0.2, 0) is 19.3 Å². The van der Waals surface area contributed by atoms with Crippen molar-refractivity contribution < 1.29 is 4.79 Å². The molecule has 5 rings (SSSR count). The van der Waals surface area contributed by atoms with Gasteiger partial charge < -0.3 is 10.3 Å². The Hall–Kier alpha value is -3.15. The van der Waals surface area contributed by atoms with Crippen LogP contribution < -0.4 is 5.32 Å². The minimum Gasteiger partial charge on any atom is -0.358 e. The molecule has 0 saturated heterocycles. The summed E-state index contributed by atoms with van der Waals surface area (Å²) >= 11 is 0. The highest BCUT2D eigenvalue weighted by molar-refractivity contribution is 5.99. The van der Waals surface area contributed by atoms with Gasteiger partial charge in [0.25, 0.3) is 5.91 Å². The summed E-state index contributed by atoms with van der Waals surface area (Å²) in [4.78, 5) is 16.2. The molecule has 0 radical (unpaired) electrons. The third-order valence-electron chi connectivity index (χ3n) is 5.71. The number of aromatic amines is 1. The van der Waals surface area contributed by atoms with E-state index in [1.54, 1.807) is 0 Å². The average molecular weight is 373 g/mol. The van der Waals surface area contributed by atoms with Crippen molar-refractivity contribution in [3.05, 3.63) is 65.2 Å². The molecule has 0 spiro atoms. The van der Waals surface area contributed by atoms with E-state index in [9.17, 15) is 4.79 Å². The Morgan fingerprint density at radius 2 is 2.21 bits per heavy atom. The summed E-state index contributed by atoms with van der Waals surface area (Å²) in [7, 11) is 0. The quantitative estimate of drug-likeness (QED) is 0.576. The lowest BCUT2D eigenvalue weighted by Gasteiger charge is -2.18. The minimum absolute atomic E-state index is 0.0467. The lowest BCUT2D eigenvalue weighted by Crippen LogP contribution is -2.26. The van der Waals surface area contributed by atoms with Crippen LogP contribution in [0.4, 0.5) is 0 Å². The van der Waals surface area contributed by atoms with Crippen LogP contribution in [0, 0.1) is 5.92 Å². The topological polar surface area (TPSA) is 75.1 Å². The predicted octanol–water partition coefficient (Wildman–Crippen LogP) is 3.31.